The van der Waals surface area contributed by atoms with Gasteiger partial charge in [0.05, 0.1) is 22.3 Å². The highest BCUT2D eigenvalue weighted by Gasteiger charge is 2.81. The van der Waals surface area contributed by atoms with Gasteiger partial charge in [-0.1, -0.05) is 25.1 Å². The van der Waals surface area contributed by atoms with Crippen LogP contribution in [0.1, 0.15) is 85.5 Å². The summed E-state index contributed by atoms with van der Waals surface area (Å²) in [6, 6.07) is 8.01. The number of carbonyl (C=O) groups is 7. The second-order valence-corrected chi connectivity index (χ2v) is 14.9. The lowest BCUT2D eigenvalue weighted by Gasteiger charge is -2.54. The average Bonchev–Trinajstić information content (AvgIpc) is 3.36. The fraction of sp³-hybridized carbons (Fsp3) is 0.595. The third-order valence-electron chi connectivity index (χ3n) is 10.8. The van der Waals surface area contributed by atoms with Gasteiger partial charge in [-0.15, -0.1) is 0 Å². The van der Waals surface area contributed by atoms with Crippen LogP contribution in [0.15, 0.2) is 41.5 Å². The lowest BCUT2D eigenvalue weighted by Crippen LogP contribution is -2.68. The third kappa shape index (κ3) is 5.90. The molecule has 51 heavy (non-hydrogen) atoms. The quantitative estimate of drug-likeness (QED) is 0.320. The maximum Gasteiger partial charge on any atom is 0.338 e. The minimum absolute atomic E-state index is 0.0119. The second-order valence-electron chi connectivity index (χ2n) is 14.9. The Bertz CT molecular complexity index is 1710. The molecule has 0 radical (unpaired) electrons. The van der Waals surface area contributed by atoms with E-state index in [1.54, 1.807) is 39.0 Å². The number of fused-ring (bicyclic) bond motifs is 4. The first-order chi connectivity index (χ1) is 23.6. The molecule has 2 bridgehead atoms. The Balaban J connectivity index is 1.92. The summed E-state index contributed by atoms with van der Waals surface area (Å²) in [5.74, 6) is -7.93. The van der Waals surface area contributed by atoms with E-state index in [1.165, 1.54) is 19.1 Å². The Kier molecular flexibility index (Phi) is 9.51. The number of esters is 6. The average molecular weight is 713 g/mol. The summed E-state index contributed by atoms with van der Waals surface area (Å²) < 4.78 is 36.2. The molecule has 4 aliphatic rings. The van der Waals surface area contributed by atoms with Crippen LogP contribution in [-0.4, -0.2) is 88.4 Å². The van der Waals surface area contributed by atoms with Crippen molar-refractivity contribution in [2.24, 2.45) is 22.7 Å². The SMILES string of the molecule is CC(=O)OC1C2=C(CC3(OC(C)=O)C(OC(C)=O)C4C(OC(=O)c5ccccc5)C(C)CC4(O)C(OC(C)=O)C2(C)C3OC(C)=O)C(=O)C1(C)C. The first-order valence-electron chi connectivity index (χ1n) is 16.8. The number of benzene rings is 1. The van der Waals surface area contributed by atoms with E-state index >= 15 is 0 Å². The van der Waals surface area contributed by atoms with E-state index in [9.17, 15) is 38.7 Å². The molecule has 276 valence electrons. The van der Waals surface area contributed by atoms with Crippen molar-refractivity contribution >= 4 is 41.6 Å². The molecule has 0 amide bonds. The van der Waals surface area contributed by atoms with E-state index in [1.807, 2.05) is 0 Å². The zero-order chi connectivity index (χ0) is 38.0. The molecule has 1 aromatic rings. The molecule has 14 nitrogen and oxygen atoms in total. The molecular weight excluding hydrogens is 668 g/mol. The van der Waals surface area contributed by atoms with Gasteiger partial charge < -0.3 is 33.5 Å². The highest BCUT2D eigenvalue weighted by molar-refractivity contribution is 6.05. The molecule has 0 heterocycles. The van der Waals surface area contributed by atoms with Gasteiger partial charge in [-0.05, 0) is 50.8 Å². The van der Waals surface area contributed by atoms with E-state index < -0.39 is 112 Å². The van der Waals surface area contributed by atoms with Crippen molar-refractivity contribution in [2.75, 3.05) is 0 Å². The van der Waals surface area contributed by atoms with Crippen LogP contribution in [-0.2, 0) is 57.2 Å². The molecule has 0 saturated heterocycles. The topological polar surface area (TPSA) is 195 Å². The Morgan fingerprint density at radius 1 is 0.745 bits per heavy atom. The van der Waals surface area contributed by atoms with Crippen LogP contribution in [0.5, 0.6) is 0 Å². The number of carbonyl (C=O) groups excluding carboxylic acids is 7. The van der Waals surface area contributed by atoms with Crippen molar-refractivity contribution in [3.8, 4) is 0 Å². The molecule has 1 N–H and O–H groups in total. The summed E-state index contributed by atoms with van der Waals surface area (Å²) in [6.45, 7) is 11.7. The zero-order valence-corrected chi connectivity index (χ0v) is 30.1. The molecule has 4 aliphatic carbocycles. The van der Waals surface area contributed by atoms with Crippen molar-refractivity contribution in [2.45, 2.75) is 117 Å². The minimum atomic E-state index is -2.29. The van der Waals surface area contributed by atoms with E-state index in [4.69, 9.17) is 28.4 Å². The van der Waals surface area contributed by atoms with E-state index in [0.29, 0.717) is 0 Å². The summed E-state index contributed by atoms with van der Waals surface area (Å²) in [6.07, 6.45) is -8.67. The van der Waals surface area contributed by atoms with Crippen LogP contribution < -0.4 is 0 Å². The maximum atomic E-state index is 14.5. The zero-order valence-electron chi connectivity index (χ0n) is 30.1. The highest BCUT2D eigenvalue weighted by atomic mass is 16.6. The molecule has 0 aromatic heterocycles. The summed E-state index contributed by atoms with van der Waals surface area (Å²) in [7, 11) is 0. The van der Waals surface area contributed by atoms with Crippen LogP contribution in [0.4, 0.5) is 0 Å². The molecule has 1 aromatic carbocycles. The Morgan fingerprint density at radius 2 is 1.29 bits per heavy atom. The number of ketones is 1. The number of aliphatic hydroxyl groups is 1. The Labute approximate surface area is 295 Å². The summed E-state index contributed by atoms with van der Waals surface area (Å²) in [4.78, 5) is 93.2. The summed E-state index contributed by atoms with van der Waals surface area (Å²) in [5.41, 5.74) is -7.79. The first kappa shape index (κ1) is 37.7. The lowest BCUT2D eigenvalue weighted by atomic mass is 9.58. The van der Waals surface area contributed by atoms with Crippen molar-refractivity contribution in [3.05, 3.63) is 47.0 Å². The van der Waals surface area contributed by atoms with E-state index in [-0.39, 0.29) is 23.1 Å². The second kappa shape index (κ2) is 12.9. The molecule has 10 unspecified atom stereocenters. The Hall–Kier alpha value is -4.59. The van der Waals surface area contributed by atoms with Gasteiger partial charge in [0, 0.05) is 46.6 Å². The van der Waals surface area contributed by atoms with Gasteiger partial charge in [-0.3, -0.25) is 28.8 Å². The molecule has 0 spiro atoms. The normalized spacial score (nSPS) is 36.1. The van der Waals surface area contributed by atoms with Gasteiger partial charge in [0.2, 0.25) is 0 Å². The summed E-state index contributed by atoms with van der Waals surface area (Å²) >= 11 is 0. The standard InChI is InChI=1S/C37H44O14/c1-17-15-36(45)26(27(17)50-31(44)23-13-11-10-12-14-23)30(47-19(3)39)37(51-22(6)42)16-24-25(29(46-18(2)38)34(7,8)28(24)43)35(9,32(36)48-20(4)40)33(37)49-21(5)41/h10-14,17,26-27,29-30,32-33,45H,15-16H2,1-9H3. The molecule has 5 rings (SSSR count). The molecule has 10 atom stereocenters. The fourth-order valence-electron chi connectivity index (χ4n) is 9.30. The van der Waals surface area contributed by atoms with Gasteiger partial charge in [0.15, 0.2) is 23.6 Å². The molecule has 2 fully saturated rings. The van der Waals surface area contributed by atoms with Crippen molar-refractivity contribution in [3.63, 3.8) is 0 Å². The lowest BCUT2D eigenvalue weighted by molar-refractivity contribution is -0.239. The molecular formula is C37H44O14. The monoisotopic (exact) mass is 712 g/mol. The van der Waals surface area contributed by atoms with Gasteiger partial charge in [0.1, 0.15) is 23.9 Å². The minimum Gasteiger partial charge on any atom is -0.458 e. The van der Waals surface area contributed by atoms with Gasteiger partial charge in [-0.25, -0.2) is 4.79 Å². The number of Topliss-reactive ketones (excluding diaryl/α,β-unsaturated/α-hetero) is 1. The maximum absolute atomic E-state index is 14.5. The van der Waals surface area contributed by atoms with Crippen molar-refractivity contribution in [1.82, 2.24) is 0 Å². The van der Waals surface area contributed by atoms with Gasteiger partial charge in [0.25, 0.3) is 0 Å². The smallest absolute Gasteiger partial charge is 0.338 e. The number of hydrogen-bond donors (Lipinski definition) is 1. The predicted octanol–water partition coefficient (Wildman–Crippen LogP) is 2.96. The van der Waals surface area contributed by atoms with Gasteiger partial charge >= 0.3 is 35.8 Å². The van der Waals surface area contributed by atoms with E-state index in [2.05, 4.69) is 0 Å². The Morgan fingerprint density at radius 3 is 1.82 bits per heavy atom. The van der Waals surface area contributed by atoms with Crippen molar-refractivity contribution < 1.29 is 67.1 Å². The highest BCUT2D eigenvalue weighted by Crippen LogP contribution is 2.67. The number of rotatable bonds is 7. The van der Waals surface area contributed by atoms with E-state index in [0.717, 1.165) is 34.6 Å². The molecule has 2 saturated carbocycles. The van der Waals surface area contributed by atoms with Crippen LogP contribution >= 0.6 is 0 Å². The van der Waals surface area contributed by atoms with Crippen molar-refractivity contribution in [1.29, 1.82) is 0 Å². The first-order valence-corrected chi connectivity index (χ1v) is 16.8. The van der Waals surface area contributed by atoms with Crippen LogP contribution in [0.2, 0.25) is 0 Å². The number of ether oxygens (including phenoxy) is 6. The van der Waals surface area contributed by atoms with Crippen LogP contribution in [0.25, 0.3) is 0 Å². The van der Waals surface area contributed by atoms with Crippen LogP contribution in [0, 0.1) is 22.7 Å². The van der Waals surface area contributed by atoms with Crippen LogP contribution in [0.3, 0.4) is 0 Å². The third-order valence-corrected chi connectivity index (χ3v) is 10.8. The summed E-state index contributed by atoms with van der Waals surface area (Å²) in [5, 5.41) is 13.2. The largest absolute Gasteiger partial charge is 0.458 e. The van der Waals surface area contributed by atoms with Gasteiger partial charge in [-0.2, -0.15) is 0 Å². The predicted molar refractivity (Wildman–Crippen MR) is 173 cm³/mol. The molecule has 14 heteroatoms. The molecule has 0 aliphatic heterocycles. The fourth-order valence-corrected chi connectivity index (χ4v) is 9.30. The number of hydrogen-bond acceptors (Lipinski definition) is 14.